The van der Waals surface area contributed by atoms with E-state index < -0.39 is 0 Å². The molecule has 0 aliphatic carbocycles. The molecule has 0 fully saturated rings. The van der Waals surface area contributed by atoms with Crippen LogP contribution in [0, 0.1) is 27.7 Å². The minimum atomic E-state index is 0.842. The van der Waals surface area contributed by atoms with Crippen molar-refractivity contribution in [3.8, 4) is 22.5 Å². The van der Waals surface area contributed by atoms with Crippen LogP contribution < -0.4 is 19.6 Å². The summed E-state index contributed by atoms with van der Waals surface area (Å²) in [4.78, 5) is 9.88. The fourth-order valence-electron chi connectivity index (χ4n) is 19.9. The molecule has 0 bridgehead atoms. The molecule has 0 atom stereocenters. The summed E-state index contributed by atoms with van der Waals surface area (Å²) in [5.41, 5.74) is 29.3. The van der Waals surface area contributed by atoms with Gasteiger partial charge in [-0.25, -0.2) is 0 Å². The van der Waals surface area contributed by atoms with Gasteiger partial charge in [0.1, 0.15) is 22.3 Å². The predicted molar refractivity (Wildman–Crippen MR) is 523 cm³/mol. The van der Waals surface area contributed by atoms with Gasteiger partial charge >= 0.3 is 0 Å². The van der Waals surface area contributed by atoms with Gasteiger partial charge in [-0.2, -0.15) is 0 Å². The summed E-state index contributed by atoms with van der Waals surface area (Å²) in [6, 6.07) is 152. The van der Waals surface area contributed by atoms with Crippen LogP contribution in [0.5, 0.6) is 0 Å². The summed E-state index contributed by atoms with van der Waals surface area (Å²) < 4.78 is 18.3. The van der Waals surface area contributed by atoms with Gasteiger partial charge in [0, 0.05) is 122 Å². The number of benzene rings is 20. The second-order valence-electron chi connectivity index (χ2n) is 32.9. The molecule has 0 amide bonds. The van der Waals surface area contributed by atoms with Gasteiger partial charge in [-0.3, -0.25) is 0 Å². The second kappa shape index (κ2) is 28.8. The highest BCUT2D eigenvalue weighted by molar-refractivity contribution is 6.34. The maximum Gasteiger partial charge on any atom is 0.135 e. The first-order valence-corrected chi connectivity index (χ1v) is 42.6. The fraction of sp³-hybridized carbons (Fsp3) is 0.0345. The van der Waals surface area contributed by atoms with Crippen molar-refractivity contribution in [3.63, 3.8) is 0 Å². The van der Waals surface area contributed by atoms with Gasteiger partial charge in [0.15, 0.2) is 0 Å². The van der Waals surface area contributed by atoms with Gasteiger partial charge in [0.25, 0.3) is 0 Å². The van der Waals surface area contributed by atoms with E-state index in [1.165, 1.54) is 38.2 Å². The van der Waals surface area contributed by atoms with Gasteiger partial charge in [-0.05, 0) is 229 Å². The van der Waals surface area contributed by atoms with Crippen LogP contribution in [-0.2, 0) is 0 Å². The molecule has 0 spiro atoms. The third-order valence-electron chi connectivity index (χ3n) is 25.5. The lowest BCUT2D eigenvalue weighted by Crippen LogP contribution is -2.12. The van der Waals surface area contributed by atoms with Crippen molar-refractivity contribution < 1.29 is 8.83 Å². The molecule has 24 aromatic rings. The van der Waals surface area contributed by atoms with Crippen LogP contribution in [0.15, 0.2) is 421 Å². The fourth-order valence-corrected chi connectivity index (χ4v) is 19.9. The third-order valence-corrected chi connectivity index (χ3v) is 25.5. The maximum atomic E-state index is 6.63. The molecule has 586 valence electrons. The van der Waals surface area contributed by atoms with Gasteiger partial charge in [-0.15, -0.1) is 0 Å². The van der Waals surface area contributed by atoms with E-state index in [1.54, 1.807) is 0 Å². The Morgan fingerprint density at radius 3 is 0.855 bits per heavy atom. The van der Waals surface area contributed by atoms with E-state index in [9.17, 15) is 0 Å². The third kappa shape index (κ3) is 11.5. The van der Waals surface area contributed by atoms with E-state index in [0.717, 1.165) is 205 Å². The second-order valence-corrected chi connectivity index (χ2v) is 32.9. The standard InChI is InChI=1S/C116H80N6O2/c1-73-53-57-81(58-54-73)117(79-33-7-5-8-34-79)101-69-105-113(93-45-17-13-39-87(93)101)114-94-46-18-14-40-88(94)102(70-106(114)121(105)85-61-63-111-97(67-85)91-43-21-25-51-109(91)123-111)118(82-59-55-74(2)56-60-82)83-37-27-31-77(65-83)78-32-28-38-84(66-78)120(100-50-24-12-30-76(100)4)104-72-108-116(96-48-20-16-42-90(96)104)115-95-47-19-15-41-89(95)103(119(80-35-9-6-10-36-80)99-49-23-11-29-75(99)3)71-107(115)122(108)86-62-64-112-98(68-86)92-44-22-26-52-110(92)124-112/h5-72H,1-4H3. The molecule has 0 aliphatic rings. The van der Waals surface area contributed by atoms with Crippen molar-refractivity contribution >= 4 is 199 Å². The molecule has 20 aromatic carbocycles. The number of aryl methyl sites for hydroxylation is 4. The van der Waals surface area contributed by atoms with Crippen molar-refractivity contribution in [2.45, 2.75) is 27.7 Å². The molecular weight excluding hydrogens is 1510 g/mol. The molecule has 8 heteroatoms. The van der Waals surface area contributed by atoms with Gasteiger partial charge < -0.3 is 37.6 Å². The minimum absolute atomic E-state index is 0.842. The number of furan rings is 2. The summed E-state index contributed by atoms with van der Waals surface area (Å²) >= 11 is 0. The highest BCUT2D eigenvalue weighted by Gasteiger charge is 2.31. The number of hydrogen-bond acceptors (Lipinski definition) is 6. The van der Waals surface area contributed by atoms with E-state index in [0.29, 0.717) is 0 Å². The van der Waals surface area contributed by atoms with E-state index in [4.69, 9.17) is 8.83 Å². The number of aromatic nitrogens is 2. The first kappa shape index (κ1) is 71.9. The van der Waals surface area contributed by atoms with Crippen molar-refractivity contribution in [1.29, 1.82) is 0 Å². The summed E-state index contributed by atoms with van der Waals surface area (Å²) in [6.45, 7) is 8.79. The Morgan fingerprint density at radius 2 is 0.468 bits per heavy atom. The number of fused-ring (bicyclic) bond motifs is 20. The number of anilines is 12. The molecule has 0 radical (unpaired) electrons. The topological polar surface area (TPSA) is 49.1 Å². The van der Waals surface area contributed by atoms with Crippen LogP contribution >= 0.6 is 0 Å². The monoisotopic (exact) mass is 1590 g/mol. The van der Waals surface area contributed by atoms with Crippen LogP contribution in [0.1, 0.15) is 22.3 Å². The lowest BCUT2D eigenvalue weighted by Gasteiger charge is -2.29. The van der Waals surface area contributed by atoms with Crippen molar-refractivity contribution in [2.24, 2.45) is 0 Å². The van der Waals surface area contributed by atoms with E-state index in [-0.39, 0.29) is 0 Å². The van der Waals surface area contributed by atoms with Gasteiger partial charge in [0.05, 0.1) is 44.8 Å². The normalized spacial score (nSPS) is 11.9. The Hall–Kier alpha value is -16.2. The zero-order valence-electron chi connectivity index (χ0n) is 68.8. The maximum absolute atomic E-state index is 6.63. The molecule has 8 nitrogen and oxygen atoms in total. The molecule has 4 heterocycles. The lowest BCUT2D eigenvalue weighted by atomic mass is 9.96. The highest BCUT2D eigenvalue weighted by Crippen LogP contribution is 2.55. The highest BCUT2D eigenvalue weighted by atomic mass is 16.3. The Kier molecular flexibility index (Phi) is 16.7. The Morgan fingerprint density at radius 1 is 0.185 bits per heavy atom. The molecule has 0 unspecified atom stereocenters. The summed E-state index contributed by atoms with van der Waals surface area (Å²) in [5.74, 6) is 0. The quantitative estimate of drug-likeness (QED) is 0.102. The number of nitrogens with zero attached hydrogens (tertiary/aromatic N) is 6. The van der Waals surface area contributed by atoms with Crippen LogP contribution in [0.25, 0.3) is 153 Å². The van der Waals surface area contributed by atoms with E-state index in [2.05, 4.69) is 469 Å². The average Bonchev–Trinajstić information content (AvgIpc) is 1.54. The van der Waals surface area contributed by atoms with Crippen molar-refractivity contribution in [3.05, 3.63) is 435 Å². The summed E-state index contributed by atoms with van der Waals surface area (Å²) in [6.07, 6.45) is 0. The number of para-hydroxylation sites is 6. The van der Waals surface area contributed by atoms with E-state index >= 15 is 0 Å². The molecule has 0 N–H and O–H groups in total. The number of hydrogen-bond donors (Lipinski definition) is 0. The van der Waals surface area contributed by atoms with Crippen molar-refractivity contribution in [2.75, 3.05) is 19.6 Å². The molecule has 0 saturated carbocycles. The van der Waals surface area contributed by atoms with Gasteiger partial charge in [0.2, 0.25) is 0 Å². The first-order chi connectivity index (χ1) is 61.2. The number of rotatable bonds is 15. The van der Waals surface area contributed by atoms with Gasteiger partial charge in [-0.1, -0.05) is 266 Å². The molecule has 124 heavy (non-hydrogen) atoms. The van der Waals surface area contributed by atoms with Crippen LogP contribution in [0.3, 0.4) is 0 Å². The predicted octanol–water partition coefficient (Wildman–Crippen LogP) is 33.1. The van der Waals surface area contributed by atoms with Crippen molar-refractivity contribution in [1.82, 2.24) is 9.13 Å². The molecule has 0 aliphatic heterocycles. The first-order valence-electron chi connectivity index (χ1n) is 42.6. The Bertz CT molecular complexity index is 8450. The zero-order chi connectivity index (χ0) is 82.4. The lowest BCUT2D eigenvalue weighted by molar-refractivity contribution is 0.668. The largest absolute Gasteiger partial charge is 0.456 e. The molecule has 4 aromatic heterocycles. The van der Waals surface area contributed by atoms with Crippen LogP contribution in [0.2, 0.25) is 0 Å². The Balaban J connectivity index is 0.726. The van der Waals surface area contributed by atoms with Crippen LogP contribution in [-0.4, -0.2) is 9.13 Å². The molecule has 0 saturated heterocycles. The van der Waals surface area contributed by atoms with Crippen LogP contribution in [0.4, 0.5) is 68.2 Å². The molecular formula is C116H80N6O2. The summed E-state index contributed by atoms with van der Waals surface area (Å²) in [7, 11) is 0. The Labute approximate surface area is 716 Å². The van der Waals surface area contributed by atoms with E-state index in [1.807, 2.05) is 0 Å². The minimum Gasteiger partial charge on any atom is -0.456 e. The SMILES string of the molecule is Cc1ccc(N(c2ccccc2)c2cc3c(c4ccccc24)c2c4ccccc4c(N(c4ccc(C)cc4)c4cccc(-c5cccc(N(c6ccccc6C)c6cc7c(c8ccccc68)c6c8ccccc8c(N(c8ccccc8)c8ccccc8C)cc6n7-c6ccc7oc8ccccc8c7c6)c5)c4)cc2n3-c2ccc3oc4ccccc4c3c2)cc1. The molecule has 24 rings (SSSR count). The summed E-state index contributed by atoms with van der Waals surface area (Å²) in [5, 5.41) is 18.1. The zero-order valence-corrected chi connectivity index (χ0v) is 68.8. The smallest absolute Gasteiger partial charge is 0.135 e. The average molecular weight is 1590 g/mol.